The molecule has 5 heteroatoms. The fourth-order valence-electron chi connectivity index (χ4n) is 2.64. The summed E-state index contributed by atoms with van der Waals surface area (Å²) in [4.78, 5) is 25.0. The highest BCUT2D eigenvalue weighted by molar-refractivity contribution is 6.03. The molecule has 1 aromatic carbocycles. The maximum absolute atomic E-state index is 12.3. The van der Waals surface area contributed by atoms with Crippen LogP contribution in [0.5, 0.6) is 0 Å². The van der Waals surface area contributed by atoms with Crippen molar-refractivity contribution in [3.63, 3.8) is 0 Å². The molecule has 5 nitrogen and oxygen atoms in total. The highest BCUT2D eigenvalue weighted by atomic mass is 16.4. The van der Waals surface area contributed by atoms with Crippen molar-refractivity contribution in [3.8, 4) is 0 Å². The number of hydrogen-bond acceptors (Lipinski definition) is 3. The molecule has 94 valence electrons. The second-order valence-corrected chi connectivity index (χ2v) is 4.72. The van der Waals surface area contributed by atoms with Gasteiger partial charge in [0.1, 0.15) is 6.17 Å². The Bertz CT molecular complexity index is 527. The van der Waals surface area contributed by atoms with Crippen LogP contribution in [-0.4, -0.2) is 34.6 Å². The van der Waals surface area contributed by atoms with Crippen molar-refractivity contribution in [1.29, 1.82) is 0 Å². The Kier molecular flexibility index (Phi) is 2.47. The molecule has 1 fully saturated rings. The molecular formula is C13H14N2O3. The lowest BCUT2D eigenvalue weighted by atomic mass is 9.99. The SMILES string of the molecule is O=C(O)c1ccc2c(c1)NC1CCCCN1C2=O. The van der Waals surface area contributed by atoms with E-state index in [9.17, 15) is 9.59 Å². The minimum Gasteiger partial charge on any atom is -0.478 e. The summed E-state index contributed by atoms with van der Waals surface area (Å²) in [6.07, 6.45) is 3.06. The molecule has 3 rings (SSSR count). The summed E-state index contributed by atoms with van der Waals surface area (Å²) in [5.41, 5.74) is 1.42. The number of hydrogen-bond donors (Lipinski definition) is 2. The number of carbonyl (C=O) groups excluding carboxylic acids is 1. The van der Waals surface area contributed by atoms with Gasteiger partial charge in [0.15, 0.2) is 0 Å². The van der Waals surface area contributed by atoms with Crippen LogP contribution in [0.25, 0.3) is 0 Å². The van der Waals surface area contributed by atoms with Gasteiger partial charge in [0.2, 0.25) is 0 Å². The number of fused-ring (bicyclic) bond motifs is 2. The molecule has 0 aromatic heterocycles. The smallest absolute Gasteiger partial charge is 0.335 e. The summed E-state index contributed by atoms with van der Waals surface area (Å²) < 4.78 is 0. The Balaban J connectivity index is 2.01. The zero-order chi connectivity index (χ0) is 12.7. The molecule has 0 bridgehead atoms. The lowest BCUT2D eigenvalue weighted by Gasteiger charge is -2.40. The van der Waals surface area contributed by atoms with Crippen molar-refractivity contribution >= 4 is 17.6 Å². The molecule has 2 N–H and O–H groups in total. The molecule has 1 unspecified atom stereocenters. The Morgan fingerprint density at radius 2 is 2.22 bits per heavy atom. The third kappa shape index (κ3) is 1.63. The fraction of sp³-hybridized carbons (Fsp3) is 0.385. The second kappa shape index (κ2) is 4.01. The third-order valence-electron chi connectivity index (χ3n) is 3.58. The first-order valence-electron chi connectivity index (χ1n) is 6.11. The van der Waals surface area contributed by atoms with Crippen LogP contribution in [0, 0.1) is 0 Å². The molecule has 18 heavy (non-hydrogen) atoms. The van der Waals surface area contributed by atoms with Crippen molar-refractivity contribution < 1.29 is 14.7 Å². The standard InChI is InChI=1S/C13H14N2O3/c16-12-9-5-4-8(13(17)18)7-10(9)14-11-3-1-2-6-15(11)12/h4-5,7,11,14H,1-3,6H2,(H,17,18). The first-order chi connectivity index (χ1) is 8.66. The summed E-state index contributed by atoms with van der Waals surface area (Å²) in [5, 5.41) is 12.2. The van der Waals surface area contributed by atoms with Gasteiger partial charge in [0.25, 0.3) is 5.91 Å². The molecule has 0 saturated carbocycles. The van der Waals surface area contributed by atoms with Gasteiger partial charge in [0, 0.05) is 12.2 Å². The molecule has 2 aliphatic heterocycles. The number of aromatic carboxylic acids is 1. The molecule has 2 aliphatic rings. The average molecular weight is 246 g/mol. The van der Waals surface area contributed by atoms with Crippen molar-refractivity contribution in [2.45, 2.75) is 25.4 Å². The summed E-state index contributed by atoms with van der Waals surface area (Å²) in [6, 6.07) is 4.62. The molecule has 1 amide bonds. The maximum Gasteiger partial charge on any atom is 0.335 e. The monoisotopic (exact) mass is 246 g/mol. The molecule has 0 spiro atoms. The van der Waals surface area contributed by atoms with E-state index in [-0.39, 0.29) is 17.6 Å². The summed E-state index contributed by atoms with van der Waals surface area (Å²) in [5.74, 6) is -0.969. The molecule has 1 saturated heterocycles. The predicted octanol–water partition coefficient (Wildman–Crippen LogP) is 1.76. The van der Waals surface area contributed by atoms with E-state index in [0.717, 1.165) is 25.8 Å². The third-order valence-corrected chi connectivity index (χ3v) is 3.58. The van der Waals surface area contributed by atoms with Gasteiger partial charge in [-0.25, -0.2) is 4.79 Å². The van der Waals surface area contributed by atoms with Crippen LogP contribution in [-0.2, 0) is 0 Å². The highest BCUT2D eigenvalue weighted by Crippen LogP contribution is 2.30. The number of nitrogens with one attached hydrogen (secondary N) is 1. The molecule has 1 atom stereocenters. The van der Waals surface area contributed by atoms with Crippen LogP contribution in [0.2, 0.25) is 0 Å². The largest absolute Gasteiger partial charge is 0.478 e. The summed E-state index contributed by atoms with van der Waals surface area (Å²) in [6.45, 7) is 0.774. The zero-order valence-electron chi connectivity index (χ0n) is 9.85. The maximum atomic E-state index is 12.3. The normalized spacial score (nSPS) is 21.9. The first-order valence-corrected chi connectivity index (χ1v) is 6.11. The minimum absolute atomic E-state index is 0.00499. The highest BCUT2D eigenvalue weighted by Gasteiger charge is 2.33. The van der Waals surface area contributed by atoms with Gasteiger partial charge in [0.05, 0.1) is 11.1 Å². The van der Waals surface area contributed by atoms with Crippen LogP contribution in [0.3, 0.4) is 0 Å². The molecular weight excluding hydrogens is 232 g/mol. The number of anilines is 1. The molecule has 2 heterocycles. The van der Waals surface area contributed by atoms with Crippen molar-refractivity contribution in [1.82, 2.24) is 4.90 Å². The van der Waals surface area contributed by atoms with E-state index in [1.54, 1.807) is 12.1 Å². The van der Waals surface area contributed by atoms with E-state index >= 15 is 0 Å². The van der Waals surface area contributed by atoms with Gasteiger partial charge in [-0.1, -0.05) is 0 Å². The Morgan fingerprint density at radius 3 is 3.00 bits per heavy atom. The number of carbonyl (C=O) groups is 2. The zero-order valence-corrected chi connectivity index (χ0v) is 9.85. The van der Waals surface area contributed by atoms with Crippen LogP contribution in [0.4, 0.5) is 5.69 Å². The number of nitrogens with zero attached hydrogens (tertiary/aromatic N) is 1. The van der Waals surface area contributed by atoms with Crippen LogP contribution in [0.1, 0.15) is 40.0 Å². The lowest BCUT2D eigenvalue weighted by molar-refractivity contribution is 0.0624. The number of carboxylic acids is 1. The summed E-state index contributed by atoms with van der Waals surface area (Å²) >= 11 is 0. The van der Waals surface area contributed by atoms with Crippen molar-refractivity contribution in [2.24, 2.45) is 0 Å². The Labute approximate surface area is 104 Å². The van der Waals surface area contributed by atoms with E-state index in [2.05, 4.69) is 5.32 Å². The van der Waals surface area contributed by atoms with Crippen LogP contribution >= 0.6 is 0 Å². The van der Waals surface area contributed by atoms with Crippen molar-refractivity contribution in [3.05, 3.63) is 29.3 Å². The van der Waals surface area contributed by atoms with E-state index in [4.69, 9.17) is 5.11 Å². The quantitative estimate of drug-likeness (QED) is 0.792. The minimum atomic E-state index is -0.974. The first kappa shape index (κ1) is 11.1. The number of amides is 1. The van der Waals surface area contributed by atoms with Gasteiger partial charge in [-0.3, -0.25) is 4.79 Å². The van der Waals surface area contributed by atoms with Gasteiger partial charge in [-0.05, 0) is 37.5 Å². The molecule has 0 radical (unpaired) electrons. The van der Waals surface area contributed by atoms with E-state index in [1.165, 1.54) is 6.07 Å². The number of benzene rings is 1. The average Bonchev–Trinajstić information content (AvgIpc) is 2.38. The number of piperidine rings is 1. The molecule has 0 aliphatic carbocycles. The van der Waals surface area contributed by atoms with E-state index in [1.807, 2.05) is 4.90 Å². The summed E-state index contributed by atoms with van der Waals surface area (Å²) in [7, 11) is 0. The van der Waals surface area contributed by atoms with E-state index in [0.29, 0.717) is 11.3 Å². The van der Waals surface area contributed by atoms with Crippen LogP contribution in [0.15, 0.2) is 18.2 Å². The van der Waals surface area contributed by atoms with Crippen molar-refractivity contribution in [2.75, 3.05) is 11.9 Å². The fourth-order valence-corrected chi connectivity index (χ4v) is 2.64. The van der Waals surface area contributed by atoms with Gasteiger partial charge >= 0.3 is 5.97 Å². The molecule has 1 aromatic rings. The number of rotatable bonds is 1. The van der Waals surface area contributed by atoms with Gasteiger partial charge in [-0.15, -0.1) is 0 Å². The second-order valence-electron chi connectivity index (χ2n) is 4.72. The van der Waals surface area contributed by atoms with Crippen LogP contribution < -0.4 is 5.32 Å². The Morgan fingerprint density at radius 1 is 1.39 bits per heavy atom. The predicted molar refractivity (Wildman–Crippen MR) is 65.7 cm³/mol. The lowest BCUT2D eigenvalue weighted by Crippen LogP contribution is -2.51. The topological polar surface area (TPSA) is 69.6 Å². The Hall–Kier alpha value is -2.04. The van der Waals surface area contributed by atoms with E-state index < -0.39 is 5.97 Å². The van der Waals surface area contributed by atoms with Gasteiger partial charge < -0.3 is 15.3 Å². The number of carboxylic acid groups (broad SMARTS) is 1. The van der Waals surface area contributed by atoms with Gasteiger partial charge in [-0.2, -0.15) is 0 Å².